The normalized spacial score (nSPS) is 10.8. The molecule has 0 aliphatic carbocycles. The molecule has 24 heavy (non-hydrogen) atoms. The van der Waals surface area contributed by atoms with Crippen LogP contribution in [-0.2, 0) is 4.79 Å². The average Bonchev–Trinajstić information content (AvgIpc) is 3.01. The van der Waals surface area contributed by atoms with E-state index in [4.69, 9.17) is 27.9 Å². The molecule has 0 bridgehead atoms. The summed E-state index contributed by atoms with van der Waals surface area (Å²) < 4.78 is 7.29. The van der Waals surface area contributed by atoms with Gasteiger partial charge >= 0.3 is 0 Å². The van der Waals surface area contributed by atoms with Crippen molar-refractivity contribution in [3.8, 4) is 5.75 Å². The van der Waals surface area contributed by atoms with Gasteiger partial charge in [-0.2, -0.15) is 0 Å². The van der Waals surface area contributed by atoms with Crippen LogP contribution in [0.1, 0.15) is 12.8 Å². The highest BCUT2D eigenvalue weighted by Gasteiger charge is 2.06. The Balaban J connectivity index is 1.45. The van der Waals surface area contributed by atoms with Gasteiger partial charge in [-0.25, -0.2) is 0 Å². The highest BCUT2D eigenvalue weighted by atomic mass is 35.5. The first kappa shape index (κ1) is 16.5. The van der Waals surface area contributed by atoms with E-state index in [1.165, 1.54) is 0 Å². The number of aromatic nitrogens is 3. The maximum atomic E-state index is 12.0. The van der Waals surface area contributed by atoms with Crippen LogP contribution in [0.15, 0.2) is 42.9 Å². The Morgan fingerprint density at radius 2 is 2.12 bits per heavy atom. The molecule has 3 rings (SSSR count). The van der Waals surface area contributed by atoms with Crippen LogP contribution in [-0.4, -0.2) is 27.1 Å². The summed E-state index contributed by atoms with van der Waals surface area (Å²) in [7, 11) is 0. The van der Waals surface area contributed by atoms with Crippen LogP contribution < -0.4 is 10.1 Å². The standard InChI is InChI=1S/C16H14Cl2N4O2/c17-11-3-5-14(13(18)8-11)24-7-1-2-16(23)20-12-4-6-15-21-19-10-22(15)9-12/h3-6,8-10H,1-2,7H2,(H,20,23). The van der Waals surface area contributed by atoms with Crippen molar-refractivity contribution in [1.82, 2.24) is 14.6 Å². The van der Waals surface area contributed by atoms with Crippen LogP contribution in [0.5, 0.6) is 5.75 Å². The molecule has 2 aromatic heterocycles. The zero-order valence-electron chi connectivity index (χ0n) is 12.6. The number of fused-ring (bicyclic) bond motifs is 1. The Morgan fingerprint density at radius 1 is 1.25 bits per heavy atom. The van der Waals surface area contributed by atoms with Gasteiger partial charge in [-0.05, 0) is 36.8 Å². The molecular weight excluding hydrogens is 351 g/mol. The van der Waals surface area contributed by atoms with Crippen LogP contribution in [0.25, 0.3) is 5.65 Å². The van der Waals surface area contributed by atoms with Gasteiger partial charge in [-0.15, -0.1) is 10.2 Å². The van der Waals surface area contributed by atoms with E-state index in [1.54, 1.807) is 47.3 Å². The minimum atomic E-state index is -0.0896. The first-order valence-corrected chi connectivity index (χ1v) is 8.04. The zero-order chi connectivity index (χ0) is 16.9. The maximum Gasteiger partial charge on any atom is 0.224 e. The molecule has 0 unspecified atom stereocenters. The molecule has 6 nitrogen and oxygen atoms in total. The molecule has 0 fully saturated rings. The van der Waals surface area contributed by atoms with Gasteiger partial charge in [0.05, 0.1) is 17.3 Å². The molecule has 8 heteroatoms. The van der Waals surface area contributed by atoms with Gasteiger partial charge in [0.1, 0.15) is 12.1 Å². The summed E-state index contributed by atoms with van der Waals surface area (Å²) in [5.41, 5.74) is 1.41. The summed E-state index contributed by atoms with van der Waals surface area (Å²) in [6.45, 7) is 0.388. The lowest BCUT2D eigenvalue weighted by molar-refractivity contribution is -0.116. The van der Waals surface area contributed by atoms with Crippen molar-refractivity contribution < 1.29 is 9.53 Å². The number of amides is 1. The Hall–Kier alpha value is -2.31. The van der Waals surface area contributed by atoms with Crippen LogP contribution in [0, 0.1) is 0 Å². The summed E-state index contributed by atoms with van der Waals surface area (Å²) in [6, 6.07) is 8.60. The van der Waals surface area contributed by atoms with Gasteiger partial charge in [-0.1, -0.05) is 23.2 Å². The fourth-order valence-electron chi connectivity index (χ4n) is 2.13. The summed E-state index contributed by atoms with van der Waals surface area (Å²) in [5.74, 6) is 0.466. The van der Waals surface area contributed by atoms with E-state index in [2.05, 4.69) is 15.5 Å². The second-order valence-corrected chi connectivity index (χ2v) is 5.93. The molecule has 2 heterocycles. The second kappa shape index (κ2) is 7.51. The largest absolute Gasteiger partial charge is 0.492 e. The highest BCUT2D eigenvalue weighted by molar-refractivity contribution is 6.35. The predicted molar refractivity (Wildman–Crippen MR) is 92.8 cm³/mol. The Labute approximate surface area is 148 Å². The van der Waals surface area contributed by atoms with Crippen molar-refractivity contribution in [3.05, 3.63) is 52.9 Å². The third kappa shape index (κ3) is 4.15. The van der Waals surface area contributed by atoms with E-state index in [9.17, 15) is 4.79 Å². The summed E-state index contributed by atoms with van der Waals surface area (Å²) >= 11 is 11.8. The number of pyridine rings is 1. The smallest absolute Gasteiger partial charge is 0.224 e. The summed E-state index contributed by atoms with van der Waals surface area (Å²) in [6.07, 6.45) is 4.25. The Kier molecular flexibility index (Phi) is 5.17. The van der Waals surface area contributed by atoms with Gasteiger partial charge in [0.25, 0.3) is 0 Å². The van der Waals surface area contributed by atoms with Crippen molar-refractivity contribution in [2.75, 3.05) is 11.9 Å². The number of rotatable bonds is 6. The number of anilines is 1. The fraction of sp³-hybridized carbons (Fsp3) is 0.188. The zero-order valence-corrected chi connectivity index (χ0v) is 14.1. The molecule has 3 aromatic rings. The second-order valence-electron chi connectivity index (χ2n) is 5.09. The van der Waals surface area contributed by atoms with Gasteiger partial charge in [0.15, 0.2) is 5.65 Å². The molecular formula is C16H14Cl2N4O2. The van der Waals surface area contributed by atoms with Crippen LogP contribution in [0.4, 0.5) is 5.69 Å². The van der Waals surface area contributed by atoms with E-state index in [-0.39, 0.29) is 5.91 Å². The predicted octanol–water partition coefficient (Wildman–Crippen LogP) is 3.83. The third-order valence-electron chi connectivity index (χ3n) is 3.27. The van der Waals surface area contributed by atoms with Gasteiger partial charge < -0.3 is 10.1 Å². The third-order valence-corrected chi connectivity index (χ3v) is 3.80. The number of nitrogens with zero attached hydrogens (tertiary/aromatic N) is 3. The van der Waals surface area contributed by atoms with Crippen molar-refractivity contribution in [3.63, 3.8) is 0 Å². The number of halogens is 2. The van der Waals surface area contributed by atoms with Gasteiger partial charge in [0.2, 0.25) is 5.91 Å². The number of benzene rings is 1. The topological polar surface area (TPSA) is 68.5 Å². The minimum Gasteiger partial charge on any atom is -0.492 e. The lowest BCUT2D eigenvalue weighted by Crippen LogP contribution is -2.13. The average molecular weight is 365 g/mol. The SMILES string of the molecule is O=C(CCCOc1ccc(Cl)cc1Cl)Nc1ccc2nncn2c1. The number of nitrogens with one attached hydrogen (secondary N) is 1. The quantitative estimate of drug-likeness (QED) is 0.674. The van der Waals surface area contributed by atoms with Gasteiger partial charge in [0, 0.05) is 17.6 Å². The van der Waals surface area contributed by atoms with Crippen molar-refractivity contribution in [2.45, 2.75) is 12.8 Å². The van der Waals surface area contributed by atoms with E-state index < -0.39 is 0 Å². The molecule has 1 N–H and O–H groups in total. The Bertz CT molecular complexity index is 866. The molecule has 0 aliphatic rings. The molecule has 0 radical (unpaired) electrons. The Morgan fingerprint density at radius 3 is 2.96 bits per heavy atom. The van der Waals surface area contributed by atoms with E-state index in [1.807, 2.05) is 0 Å². The molecule has 0 aliphatic heterocycles. The van der Waals surface area contributed by atoms with E-state index in [0.29, 0.717) is 40.9 Å². The highest BCUT2D eigenvalue weighted by Crippen LogP contribution is 2.27. The number of hydrogen-bond donors (Lipinski definition) is 1. The van der Waals surface area contributed by atoms with Crippen LogP contribution >= 0.6 is 23.2 Å². The molecule has 0 saturated carbocycles. The molecule has 124 valence electrons. The molecule has 1 amide bonds. The lowest BCUT2D eigenvalue weighted by atomic mass is 10.3. The van der Waals surface area contributed by atoms with E-state index in [0.717, 1.165) is 5.65 Å². The fourth-order valence-corrected chi connectivity index (χ4v) is 2.60. The van der Waals surface area contributed by atoms with Crippen LogP contribution in [0.2, 0.25) is 10.0 Å². The van der Waals surface area contributed by atoms with E-state index >= 15 is 0 Å². The number of hydrogen-bond acceptors (Lipinski definition) is 4. The number of ether oxygens (including phenoxy) is 1. The molecule has 0 spiro atoms. The van der Waals surface area contributed by atoms with Gasteiger partial charge in [-0.3, -0.25) is 9.20 Å². The van der Waals surface area contributed by atoms with Crippen molar-refractivity contribution in [2.24, 2.45) is 0 Å². The monoisotopic (exact) mass is 364 g/mol. The molecule has 0 atom stereocenters. The molecule has 0 saturated heterocycles. The summed E-state index contributed by atoms with van der Waals surface area (Å²) in [4.78, 5) is 12.0. The first-order chi connectivity index (χ1) is 11.6. The minimum absolute atomic E-state index is 0.0896. The van der Waals surface area contributed by atoms with Crippen molar-refractivity contribution in [1.29, 1.82) is 0 Å². The maximum absolute atomic E-state index is 12.0. The lowest BCUT2D eigenvalue weighted by Gasteiger charge is -2.09. The molecule has 1 aromatic carbocycles. The number of carbonyl (C=O) groups excluding carboxylic acids is 1. The number of carbonyl (C=O) groups is 1. The first-order valence-electron chi connectivity index (χ1n) is 7.29. The summed E-state index contributed by atoms with van der Waals surface area (Å²) in [5, 5.41) is 11.5. The van der Waals surface area contributed by atoms with Crippen LogP contribution in [0.3, 0.4) is 0 Å². The van der Waals surface area contributed by atoms with Crippen molar-refractivity contribution >= 4 is 40.4 Å².